The molecule has 1 atom stereocenters. The predicted molar refractivity (Wildman–Crippen MR) is 146 cm³/mol. The maximum atomic E-state index is 12.0. The monoisotopic (exact) mass is 506 g/mol. The van der Waals surface area contributed by atoms with Crippen LogP contribution in [0.5, 0.6) is 0 Å². The second-order valence-electron chi connectivity index (χ2n) is 12.8. The summed E-state index contributed by atoms with van der Waals surface area (Å²) in [6, 6.07) is 2.24. The summed E-state index contributed by atoms with van der Waals surface area (Å²) in [5.74, 6) is 3.22. The highest BCUT2D eigenvalue weighted by Crippen LogP contribution is 2.42. The van der Waals surface area contributed by atoms with Crippen LogP contribution in [0, 0.1) is 23.7 Å². The molecular formula is C29H42N6O2. The standard InChI is InChI=1S/C29H42N6O2/c1-7-25(36)35-17-29(18-35)10-11-34(16-29)27-31-24-15-28(5,6)9-8-23(24)26(32-27)30-21(12-19(2)3)14-22-13-20(4)37-33-22/h7,13,19,21H,1,8-12,14-18H2,2-6H3,(H,30,31,32). The summed E-state index contributed by atoms with van der Waals surface area (Å²) in [6.07, 6.45) is 7.38. The summed E-state index contributed by atoms with van der Waals surface area (Å²) in [7, 11) is 0. The van der Waals surface area contributed by atoms with E-state index in [0.717, 1.165) is 87.9 Å². The molecule has 2 aliphatic heterocycles. The minimum absolute atomic E-state index is 0.0290. The molecule has 3 aliphatic rings. The molecule has 2 aromatic rings. The Morgan fingerprint density at radius 1 is 1.24 bits per heavy atom. The Morgan fingerprint density at radius 3 is 2.70 bits per heavy atom. The number of carbonyl (C=O) groups excluding carboxylic acids is 1. The van der Waals surface area contributed by atoms with Gasteiger partial charge in [-0.05, 0) is 56.4 Å². The number of nitrogens with one attached hydrogen (secondary N) is 1. The number of carbonyl (C=O) groups is 1. The second kappa shape index (κ2) is 9.76. The first-order chi connectivity index (χ1) is 17.5. The Morgan fingerprint density at radius 2 is 2.03 bits per heavy atom. The zero-order valence-electron chi connectivity index (χ0n) is 23.1. The molecule has 0 radical (unpaired) electrons. The lowest BCUT2D eigenvalue weighted by molar-refractivity contribution is -0.136. The molecule has 0 aromatic carbocycles. The van der Waals surface area contributed by atoms with Crippen molar-refractivity contribution in [3.05, 3.63) is 41.4 Å². The summed E-state index contributed by atoms with van der Waals surface area (Å²) in [5, 5.41) is 8.10. The van der Waals surface area contributed by atoms with E-state index in [1.165, 1.54) is 17.3 Å². The van der Waals surface area contributed by atoms with Crippen LogP contribution in [0.25, 0.3) is 0 Å². The third-order valence-electron chi connectivity index (χ3n) is 8.27. The highest BCUT2D eigenvalue weighted by Gasteiger charge is 2.49. The molecule has 4 heterocycles. The van der Waals surface area contributed by atoms with Crippen molar-refractivity contribution in [2.75, 3.05) is 36.4 Å². The SMILES string of the molecule is C=CC(=O)N1CC2(CCN(c3nc4c(c(NC(Cc5cc(C)on5)CC(C)C)n3)CCC(C)(C)C4)C2)C1. The molecule has 1 aliphatic carbocycles. The smallest absolute Gasteiger partial charge is 0.245 e. The molecule has 1 amide bonds. The molecule has 1 N–H and O–H groups in total. The number of hydrogen-bond acceptors (Lipinski definition) is 7. The lowest BCUT2D eigenvalue weighted by atomic mass is 9.76. The third kappa shape index (κ3) is 5.53. The Balaban J connectivity index is 1.41. The van der Waals surface area contributed by atoms with Gasteiger partial charge in [-0.2, -0.15) is 4.98 Å². The number of rotatable bonds is 8. The molecule has 0 bridgehead atoms. The molecule has 8 heteroatoms. The van der Waals surface area contributed by atoms with Gasteiger partial charge in [0.25, 0.3) is 0 Å². The predicted octanol–water partition coefficient (Wildman–Crippen LogP) is 4.58. The number of nitrogens with zero attached hydrogens (tertiary/aromatic N) is 5. The largest absolute Gasteiger partial charge is 0.367 e. The van der Waals surface area contributed by atoms with Crippen LogP contribution in [0.4, 0.5) is 11.8 Å². The molecule has 2 aromatic heterocycles. The average Bonchev–Trinajstić information content (AvgIpc) is 3.42. The topological polar surface area (TPSA) is 87.4 Å². The van der Waals surface area contributed by atoms with Gasteiger partial charge < -0.3 is 19.6 Å². The molecule has 5 rings (SSSR count). The number of fused-ring (bicyclic) bond motifs is 1. The van der Waals surface area contributed by atoms with Gasteiger partial charge in [-0.3, -0.25) is 4.79 Å². The molecular weight excluding hydrogens is 464 g/mol. The van der Waals surface area contributed by atoms with Gasteiger partial charge in [-0.25, -0.2) is 4.98 Å². The van der Waals surface area contributed by atoms with Gasteiger partial charge in [0.05, 0.1) is 11.4 Å². The van der Waals surface area contributed by atoms with Gasteiger partial charge in [0, 0.05) is 55.7 Å². The number of aryl methyl sites for hydroxylation is 1. The molecule has 0 saturated carbocycles. The highest BCUT2D eigenvalue weighted by molar-refractivity contribution is 5.87. The van der Waals surface area contributed by atoms with Crippen LogP contribution < -0.4 is 10.2 Å². The maximum absolute atomic E-state index is 12.0. The van der Waals surface area contributed by atoms with E-state index in [1.54, 1.807) is 0 Å². The van der Waals surface area contributed by atoms with Gasteiger partial charge in [0.1, 0.15) is 11.6 Å². The van der Waals surface area contributed by atoms with Crippen molar-refractivity contribution < 1.29 is 9.32 Å². The summed E-state index contributed by atoms with van der Waals surface area (Å²) in [5.41, 5.74) is 3.81. The van der Waals surface area contributed by atoms with E-state index in [-0.39, 0.29) is 22.8 Å². The van der Waals surface area contributed by atoms with Gasteiger partial charge in [0.2, 0.25) is 11.9 Å². The number of aromatic nitrogens is 3. The molecule has 2 fully saturated rings. The Bertz CT molecular complexity index is 1160. The van der Waals surface area contributed by atoms with Crippen LogP contribution in [-0.2, 0) is 24.1 Å². The fraction of sp³-hybridized carbons (Fsp3) is 0.655. The summed E-state index contributed by atoms with van der Waals surface area (Å²) >= 11 is 0. The van der Waals surface area contributed by atoms with Crippen molar-refractivity contribution in [2.24, 2.45) is 16.7 Å². The lowest BCUT2D eigenvalue weighted by Crippen LogP contribution is -2.59. The molecule has 1 spiro atoms. The van der Waals surface area contributed by atoms with Gasteiger partial charge in [-0.15, -0.1) is 0 Å². The van der Waals surface area contributed by atoms with Crippen LogP contribution in [0.3, 0.4) is 0 Å². The van der Waals surface area contributed by atoms with Crippen molar-refractivity contribution in [2.45, 2.75) is 79.2 Å². The van der Waals surface area contributed by atoms with Crippen molar-refractivity contribution in [1.29, 1.82) is 0 Å². The van der Waals surface area contributed by atoms with E-state index in [9.17, 15) is 4.79 Å². The van der Waals surface area contributed by atoms with E-state index >= 15 is 0 Å². The van der Waals surface area contributed by atoms with Gasteiger partial charge in [-0.1, -0.05) is 39.4 Å². The number of amides is 1. The van der Waals surface area contributed by atoms with Crippen LogP contribution >= 0.6 is 0 Å². The Hall–Kier alpha value is -2.90. The van der Waals surface area contributed by atoms with Crippen LogP contribution in [0.2, 0.25) is 0 Å². The number of anilines is 2. The molecule has 37 heavy (non-hydrogen) atoms. The van der Waals surface area contributed by atoms with Crippen molar-refractivity contribution in [3.63, 3.8) is 0 Å². The zero-order chi connectivity index (χ0) is 26.4. The molecule has 200 valence electrons. The van der Waals surface area contributed by atoms with E-state index in [1.807, 2.05) is 17.9 Å². The minimum Gasteiger partial charge on any atom is -0.367 e. The second-order valence-corrected chi connectivity index (χ2v) is 12.8. The molecule has 1 unspecified atom stereocenters. The van der Waals surface area contributed by atoms with Crippen molar-refractivity contribution in [3.8, 4) is 0 Å². The number of likely N-dealkylation sites (tertiary alicyclic amines) is 1. The zero-order valence-corrected chi connectivity index (χ0v) is 23.1. The normalized spacial score (nSPS) is 20.6. The number of hydrogen-bond donors (Lipinski definition) is 1. The van der Waals surface area contributed by atoms with E-state index in [0.29, 0.717) is 5.92 Å². The quantitative estimate of drug-likeness (QED) is 0.524. The van der Waals surface area contributed by atoms with Crippen LogP contribution in [-0.4, -0.2) is 58.2 Å². The molecule has 2 saturated heterocycles. The Labute approximate surface area is 220 Å². The summed E-state index contributed by atoms with van der Waals surface area (Å²) in [4.78, 5) is 26.6. The van der Waals surface area contributed by atoms with Crippen LogP contribution in [0.15, 0.2) is 23.2 Å². The summed E-state index contributed by atoms with van der Waals surface area (Å²) < 4.78 is 5.35. The lowest BCUT2D eigenvalue weighted by Gasteiger charge is -2.47. The van der Waals surface area contributed by atoms with E-state index in [4.69, 9.17) is 14.5 Å². The van der Waals surface area contributed by atoms with Crippen molar-refractivity contribution in [1.82, 2.24) is 20.0 Å². The van der Waals surface area contributed by atoms with Gasteiger partial charge in [0.15, 0.2) is 0 Å². The highest BCUT2D eigenvalue weighted by atomic mass is 16.5. The fourth-order valence-corrected chi connectivity index (χ4v) is 6.33. The third-order valence-corrected chi connectivity index (χ3v) is 8.27. The summed E-state index contributed by atoms with van der Waals surface area (Å²) in [6.45, 7) is 18.2. The average molecular weight is 507 g/mol. The first kappa shape index (κ1) is 25.7. The van der Waals surface area contributed by atoms with Crippen molar-refractivity contribution >= 4 is 17.7 Å². The first-order valence-corrected chi connectivity index (χ1v) is 13.8. The minimum atomic E-state index is 0.0290. The maximum Gasteiger partial charge on any atom is 0.245 e. The van der Waals surface area contributed by atoms with E-state index < -0.39 is 0 Å². The van der Waals surface area contributed by atoms with Crippen LogP contribution in [0.1, 0.15) is 69.7 Å². The molecule has 8 nitrogen and oxygen atoms in total. The van der Waals surface area contributed by atoms with E-state index in [2.05, 4.69) is 49.6 Å². The van der Waals surface area contributed by atoms with Gasteiger partial charge >= 0.3 is 0 Å². The first-order valence-electron chi connectivity index (χ1n) is 13.8. The fourth-order valence-electron chi connectivity index (χ4n) is 6.33. The Kier molecular flexibility index (Phi) is 6.79.